The molecule has 82 valence electrons. The number of rotatable bonds is 7. The van der Waals surface area contributed by atoms with Gasteiger partial charge >= 0.3 is 0 Å². The first kappa shape index (κ1) is 12.1. The van der Waals surface area contributed by atoms with Gasteiger partial charge in [-0.15, -0.1) is 0 Å². The molecule has 0 aliphatic carbocycles. The Labute approximate surface area is 90.8 Å². The number of hydrogen-bond acceptors (Lipinski definition) is 3. The SMILES string of the molecule is CCCCCSCC(=O)C1CCOC1. The summed E-state index contributed by atoms with van der Waals surface area (Å²) in [5, 5.41) is 0. The summed E-state index contributed by atoms with van der Waals surface area (Å²) in [4.78, 5) is 11.6. The molecule has 0 radical (unpaired) electrons. The molecular formula is C11H20O2S. The number of hydrogen-bond donors (Lipinski definition) is 0. The minimum absolute atomic E-state index is 0.202. The van der Waals surface area contributed by atoms with Gasteiger partial charge in [-0.25, -0.2) is 0 Å². The van der Waals surface area contributed by atoms with E-state index in [2.05, 4.69) is 6.92 Å². The predicted octanol–water partition coefficient (Wildman–Crippen LogP) is 2.52. The van der Waals surface area contributed by atoms with Crippen LogP contribution >= 0.6 is 11.8 Å². The zero-order chi connectivity index (χ0) is 10.2. The number of ether oxygens (including phenoxy) is 1. The van der Waals surface area contributed by atoms with E-state index in [0.717, 1.165) is 18.8 Å². The van der Waals surface area contributed by atoms with Gasteiger partial charge in [-0.1, -0.05) is 19.8 Å². The van der Waals surface area contributed by atoms with Crippen LogP contribution in [0.25, 0.3) is 0 Å². The zero-order valence-corrected chi connectivity index (χ0v) is 9.78. The lowest BCUT2D eigenvalue weighted by atomic mass is 10.1. The topological polar surface area (TPSA) is 26.3 Å². The van der Waals surface area contributed by atoms with Crippen LogP contribution in [0.3, 0.4) is 0 Å². The van der Waals surface area contributed by atoms with Crippen LogP contribution in [0.2, 0.25) is 0 Å². The Kier molecular flexibility index (Phi) is 6.28. The summed E-state index contributed by atoms with van der Waals surface area (Å²) in [5.74, 6) is 2.42. The number of carbonyl (C=O) groups excluding carboxylic acids is 1. The van der Waals surface area contributed by atoms with Crippen molar-refractivity contribution in [2.45, 2.75) is 32.6 Å². The number of carbonyl (C=O) groups is 1. The van der Waals surface area contributed by atoms with Crippen LogP contribution in [0.1, 0.15) is 32.6 Å². The third kappa shape index (κ3) is 4.47. The van der Waals surface area contributed by atoms with Crippen LogP contribution in [0.5, 0.6) is 0 Å². The van der Waals surface area contributed by atoms with Crippen LogP contribution in [-0.2, 0) is 9.53 Å². The smallest absolute Gasteiger partial charge is 0.148 e. The minimum Gasteiger partial charge on any atom is -0.381 e. The highest BCUT2D eigenvalue weighted by Gasteiger charge is 2.22. The number of Topliss-reactive ketones (excluding diaryl/α,β-unsaturated/α-hetero) is 1. The highest BCUT2D eigenvalue weighted by atomic mass is 32.2. The van der Waals surface area contributed by atoms with Gasteiger partial charge in [0.15, 0.2) is 0 Å². The van der Waals surface area contributed by atoms with E-state index < -0.39 is 0 Å². The van der Waals surface area contributed by atoms with Crippen LogP contribution in [0, 0.1) is 5.92 Å². The lowest BCUT2D eigenvalue weighted by molar-refractivity contribution is -0.120. The predicted molar refractivity (Wildman–Crippen MR) is 60.8 cm³/mol. The molecular weight excluding hydrogens is 196 g/mol. The molecule has 3 heteroatoms. The zero-order valence-electron chi connectivity index (χ0n) is 8.96. The monoisotopic (exact) mass is 216 g/mol. The number of thioether (sulfide) groups is 1. The molecule has 1 aliphatic rings. The second kappa shape index (κ2) is 7.30. The molecule has 0 amide bonds. The van der Waals surface area contributed by atoms with E-state index in [1.54, 1.807) is 11.8 Å². The Morgan fingerprint density at radius 3 is 3.00 bits per heavy atom. The van der Waals surface area contributed by atoms with Gasteiger partial charge in [-0.05, 0) is 18.6 Å². The summed E-state index contributed by atoms with van der Waals surface area (Å²) >= 11 is 1.78. The van der Waals surface area contributed by atoms with E-state index in [1.807, 2.05) is 0 Å². The first-order valence-electron chi connectivity index (χ1n) is 5.52. The van der Waals surface area contributed by atoms with E-state index in [-0.39, 0.29) is 5.92 Å². The Bertz CT molecular complexity index is 165. The number of ketones is 1. The summed E-state index contributed by atoms with van der Waals surface area (Å²) < 4.78 is 5.19. The fraction of sp³-hybridized carbons (Fsp3) is 0.909. The largest absolute Gasteiger partial charge is 0.381 e. The Hall–Kier alpha value is -0.0200. The van der Waals surface area contributed by atoms with Crippen LogP contribution in [0.4, 0.5) is 0 Å². The van der Waals surface area contributed by atoms with E-state index in [1.165, 1.54) is 19.3 Å². The van der Waals surface area contributed by atoms with E-state index in [4.69, 9.17) is 4.74 Å². The Morgan fingerprint density at radius 1 is 1.50 bits per heavy atom. The van der Waals surface area contributed by atoms with Crippen molar-refractivity contribution in [2.24, 2.45) is 5.92 Å². The van der Waals surface area contributed by atoms with Gasteiger partial charge in [0.2, 0.25) is 0 Å². The van der Waals surface area contributed by atoms with Gasteiger partial charge in [-0.2, -0.15) is 11.8 Å². The lowest BCUT2D eigenvalue weighted by Crippen LogP contribution is -2.16. The van der Waals surface area contributed by atoms with Crippen molar-refractivity contribution in [3.63, 3.8) is 0 Å². The van der Waals surface area contributed by atoms with Gasteiger partial charge in [0.05, 0.1) is 12.4 Å². The van der Waals surface area contributed by atoms with Gasteiger partial charge in [0.1, 0.15) is 5.78 Å². The molecule has 1 unspecified atom stereocenters. The average molecular weight is 216 g/mol. The van der Waals surface area contributed by atoms with E-state index in [9.17, 15) is 4.79 Å². The minimum atomic E-state index is 0.202. The Balaban J connectivity index is 1.97. The summed E-state index contributed by atoms with van der Waals surface area (Å²) in [7, 11) is 0. The third-order valence-corrected chi connectivity index (χ3v) is 3.59. The first-order chi connectivity index (χ1) is 6.84. The number of unbranched alkanes of at least 4 members (excludes halogenated alkanes) is 2. The highest BCUT2D eigenvalue weighted by molar-refractivity contribution is 7.99. The summed E-state index contributed by atoms with van der Waals surface area (Å²) in [6, 6.07) is 0. The summed E-state index contributed by atoms with van der Waals surface area (Å²) in [5.41, 5.74) is 0. The summed E-state index contributed by atoms with van der Waals surface area (Å²) in [6.07, 6.45) is 4.72. The maximum absolute atomic E-state index is 11.6. The standard InChI is InChI=1S/C11H20O2S/c1-2-3-4-7-14-9-11(12)10-5-6-13-8-10/h10H,2-9H2,1H3. The Morgan fingerprint density at radius 2 is 2.36 bits per heavy atom. The van der Waals surface area contributed by atoms with Gasteiger partial charge in [-0.3, -0.25) is 4.79 Å². The van der Waals surface area contributed by atoms with Gasteiger partial charge in [0.25, 0.3) is 0 Å². The van der Waals surface area contributed by atoms with Gasteiger partial charge < -0.3 is 4.74 Å². The maximum atomic E-state index is 11.6. The van der Waals surface area contributed by atoms with Crippen molar-refractivity contribution < 1.29 is 9.53 Å². The van der Waals surface area contributed by atoms with Crippen molar-refractivity contribution in [1.29, 1.82) is 0 Å². The molecule has 0 bridgehead atoms. The maximum Gasteiger partial charge on any atom is 0.148 e. The average Bonchev–Trinajstić information content (AvgIpc) is 2.70. The molecule has 14 heavy (non-hydrogen) atoms. The van der Waals surface area contributed by atoms with Crippen molar-refractivity contribution >= 4 is 17.5 Å². The fourth-order valence-corrected chi connectivity index (χ4v) is 2.52. The molecule has 1 saturated heterocycles. The molecule has 1 aliphatic heterocycles. The molecule has 0 spiro atoms. The van der Waals surface area contributed by atoms with Crippen LogP contribution in [-0.4, -0.2) is 30.5 Å². The fourth-order valence-electron chi connectivity index (χ4n) is 1.53. The van der Waals surface area contributed by atoms with Crippen molar-refractivity contribution in [3.8, 4) is 0 Å². The molecule has 0 aromatic carbocycles. The highest BCUT2D eigenvalue weighted by Crippen LogP contribution is 2.16. The molecule has 0 saturated carbocycles. The first-order valence-corrected chi connectivity index (χ1v) is 6.68. The molecule has 2 nitrogen and oxygen atoms in total. The van der Waals surface area contributed by atoms with Crippen LogP contribution in [0.15, 0.2) is 0 Å². The second-order valence-corrected chi connectivity index (χ2v) is 4.89. The molecule has 0 aromatic rings. The molecule has 0 N–H and O–H groups in total. The van der Waals surface area contributed by atoms with Crippen molar-refractivity contribution in [2.75, 3.05) is 24.7 Å². The third-order valence-electron chi connectivity index (χ3n) is 2.52. The second-order valence-electron chi connectivity index (χ2n) is 3.79. The summed E-state index contributed by atoms with van der Waals surface area (Å²) in [6.45, 7) is 3.64. The van der Waals surface area contributed by atoms with Gasteiger partial charge in [0, 0.05) is 12.5 Å². The molecule has 1 heterocycles. The van der Waals surface area contributed by atoms with Crippen molar-refractivity contribution in [3.05, 3.63) is 0 Å². The lowest BCUT2D eigenvalue weighted by Gasteiger charge is -2.05. The van der Waals surface area contributed by atoms with Crippen LogP contribution < -0.4 is 0 Å². The van der Waals surface area contributed by atoms with E-state index in [0.29, 0.717) is 18.1 Å². The van der Waals surface area contributed by atoms with E-state index >= 15 is 0 Å². The quantitative estimate of drug-likeness (QED) is 0.612. The normalized spacial score (nSPS) is 21.4. The van der Waals surface area contributed by atoms with Crippen molar-refractivity contribution in [1.82, 2.24) is 0 Å². The molecule has 1 rings (SSSR count). The molecule has 0 aromatic heterocycles. The molecule has 1 atom stereocenters. The molecule has 1 fully saturated rings.